The maximum Gasteiger partial charge on any atom is 0.261 e. The molecule has 0 spiro atoms. The highest BCUT2D eigenvalue weighted by Crippen LogP contribution is 2.22. The van der Waals surface area contributed by atoms with Crippen molar-refractivity contribution in [2.24, 2.45) is 0 Å². The summed E-state index contributed by atoms with van der Waals surface area (Å²) in [6.07, 6.45) is 0.265. The fourth-order valence-electron chi connectivity index (χ4n) is 5.12. The second kappa shape index (κ2) is 16.3. The largest absolute Gasteiger partial charge is 0.484 e. The van der Waals surface area contributed by atoms with Crippen molar-refractivity contribution in [3.05, 3.63) is 130 Å². The Morgan fingerprint density at radius 1 is 0.809 bits per heavy atom. The molecule has 12 heteroatoms. The fraction of sp³-hybridized carbons (Fsp3) is 0.257. The molecule has 1 N–H and O–H groups in total. The van der Waals surface area contributed by atoms with Crippen molar-refractivity contribution < 1.29 is 27.5 Å². The van der Waals surface area contributed by atoms with Gasteiger partial charge in [0.1, 0.15) is 11.8 Å². The minimum atomic E-state index is -3.68. The van der Waals surface area contributed by atoms with Gasteiger partial charge in [0.15, 0.2) is 6.61 Å². The first-order valence-electron chi connectivity index (χ1n) is 15.1. The van der Waals surface area contributed by atoms with Gasteiger partial charge in [-0.2, -0.15) is 4.31 Å². The maximum absolute atomic E-state index is 13.9. The van der Waals surface area contributed by atoms with Crippen LogP contribution in [0, 0.1) is 0 Å². The minimum Gasteiger partial charge on any atom is -0.484 e. The van der Waals surface area contributed by atoms with Crippen LogP contribution < -0.4 is 10.1 Å². The molecule has 1 atom stereocenters. The van der Waals surface area contributed by atoms with Crippen LogP contribution in [0.3, 0.4) is 0 Å². The lowest BCUT2D eigenvalue weighted by Gasteiger charge is -2.31. The number of nitrogens with zero attached hydrogens (tertiary/aromatic N) is 2. The standard InChI is InChI=1S/C35H35Cl2N3O6S/c36-29-10-6-27(7-11-29)23-38-35(42)33(22-26-4-2-1-3-5-26)40(24-28-8-12-30(37)13-9-28)34(41)25-46-31-14-16-32(17-15-31)47(43,44)39-18-20-45-21-19-39/h1-17,33H,18-25H2,(H,38,42)/t33-/m1/s1. The van der Waals surface area contributed by atoms with E-state index in [1.54, 1.807) is 24.3 Å². The topological polar surface area (TPSA) is 105 Å². The Morgan fingerprint density at radius 2 is 1.40 bits per heavy atom. The molecule has 47 heavy (non-hydrogen) atoms. The number of rotatable bonds is 13. The molecule has 5 rings (SSSR count). The molecule has 9 nitrogen and oxygen atoms in total. The first kappa shape index (κ1) is 34.4. The molecule has 1 fully saturated rings. The molecule has 0 aromatic heterocycles. The number of hydrogen-bond acceptors (Lipinski definition) is 6. The number of amides is 2. The number of carbonyl (C=O) groups excluding carboxylic acids is 2. The van der Waals surface area contributed by atoms with Gasteiger partial charge in [0, 0.05) is 42.6 Å². The van der Waals surface area contributed by atoms with Gasteiger partial charge in [0.25, 0.3) is 5.91 Å². The van der Waals surface area contributed by atoms with E-state index in [1.807, 2.05) is 54.6 Å². The number of sulfonamides is 1. The average molecular weight is 697 g/mol. The highest BCUT2D eigenvalue weighted by atomic mass is 35.5. The van der Waals surface area contributed by atoms with E-state index < -0.39 is 22.0 Å². The first-order valence-corrected chi connectivity index (χ1v) is 17.3. The molecular weight excluding hydrogens is 661 g/mol. The van der Waals surface area contributed by atoms with Gasteiger partial charge in [0.05, 0.1) is 18.1 Å². The van der Waals surface area contributed by atoms with Crippen molar-refractivity contribution in [1.82, 2.24) is 14.5 Å². The summed E-state index contributed by atoms with van der Waals surface area (Å²) in [5, 5.41) is 4.13. The normalized spacial score (nSPS) is 14.3. The highest BCUT2D eigenvalue weighted by Gasteiger charge is 2.31. The number of ether oxygens (including phenoxy) is 2. The van der Waals surface area contributed by atoms with E-state index in [1.165, 1.54) is 33.5 Å². The molecule has 0 radical (unpaired) electrons. The summed E-state index contributed by atoms with van der Waals surface area (Å²) in [4.78, 5) is 29.4. The molecule has 1 aliphatic heterocycles. The zero-order valence-electron chi connectivity index (χ0n) is 25.6. The lowest BCUT2D eigenvalue weighted by atomic mass is 10.0. The number of hydrogen-bond donors (Lipinski definition) is 1. The summed E-state index contributed by atoms with van der Waals surface area (Å²) in [7, 11) is -3.68. The van der Waals surface area contributed by atoms with Gasteiger partial charge in [-0.05, 0) is 65.2 Å². The van der Waals surface area contributed by atoms with E-state index in [9.17, 15) is 18.0 Å². The average Bonchev–Trinajstić information content (AvgIpc) is 3.10. The van der Waals surface area contributed by atoms with Gasteiger partial charge < -0.3 is 19.7 Å². The first-order chi connectivity index (χ1) is 22.7. The van der Waals surface area contributed by atoms with Crippen molar-refractivity contribution in [3.63, 3.8) is 0 Å². The zero-order valence-corrected chi connectivity index (χ0v) is 27.9. The third-order valence-corrected chi connectivity index (χ3v) is 10.1. The molecule has 0 aliphatic carbocycles. The number of halogens is 2. The van der Waals surface area contributed by atoms with Gasteiger partial charge in [-0.3, -0.25) is 9.59 Å². The van der Waals surface area contributed by atoms with E-state index in [2.05, 4.69) is 5.32 Å². The fourth-order valence-corrected chi connectivity index (χ4v) is 6.78. The predicted molar refractivity (Wildman–Crippen MR) is 181 cm³/mol. The Morgan fingerprint density at radius 3 is 2.02 bits per heavy atom. The van der Waals surface area contributed by atoms with E-state index in [0.29, 0.717) is 29.0 Å². The second-order valence-electron chi connectivity index (χ2n) is 11.0. The molecule has 1 saturated heterocycles. The van der Waals surface area contributed by atoms with Gasteiger partial charge in [0.2, 0.25) is 15.9 Å². The molecular formula is C35H35Cl2N3O6S. The van der Waals surface area contributed by atoms with Crippen LogP contribution in [0.2, 0.25) is 10.0 Å². The Bertz CT molecular complexity index is 1730. The van der Waals surface area contributed by atoms with E-state index in [-0.39, 0.29) is 50.0 Å². The van der Waals surface area contributed by atoms with Crippen molar-refractivity contribution in [3.8, 4) is 5.75 Å². The van der Waals surface area contributed by atoms with Crippen LogP contribution in [-0.2, 0) is 43.9 Å². The second-order valence-corrected chi connectivity index (χ2v) is 13.8. The van der Waals surface area contributed by atoms with Crippen LogP contribution in [0.5, 0.6) is 5.75 Å². The van der Waals surface area contributed by atoms with Gasteiger partial charge in [-0.15, -0.1) is 0 Å². The Kier molecular flexibility index (Phi) is 11.9. The maximum atomic E-state index is 13.9. The molecule has 0 bridgehead atoms. The molecule has 0 unspecified atom stereocenters. The molecule has 2 amide bonds. The summed E-state index contributed by atoms with van der Waals surface area (Å²) < 4.78 is 38.5. The lowest BCUT2D eigenvalue weighted by molar-refractivity contribution is -0.142. The SMILES string of the molecule is O=C(NCc1ccc(Cl)cc1)[C@@H](Cc1ccccc1)N(Cc1ccc(Cl)cc1)C(=O)COc1ccc(S(=O)(=O)N2CCOCC2)cc1. The van der Waals surface area contributed by atoms with E-state index >= 15 is 0 Å². The van der Waals surface area contributed by atoms with Gasteiger partial charge in [-0.25, -0.2) is 8.42 Å². The molecule has 1 aliphatic rings. The monoisotopic (exact) mass is 695 g/mol. The summed E-state index contributed by atoms with van der Waals surface area (Å²) in [5.41, 5.74) is 2.52. The van der Waals surface area contributed by atoms with Crippen LogP contribution in [-0.4, -0.2) is 68.4 Å². The number of morpholine rings is 1. The molecule has 4 aromatic carbocycles. The number of carbonyl (C=O) groups is 2. The quantitative estimate of drug-likeness (QED) is 0.202. The van der Waals surface area contributed by atoms with Crippen LogP contribution in [0.1, 0.15) is 16.7 Å². The highest BCUT2D eigenvalue weighted by molar-refractivity contribution is 7.89. The zero-order chi connectivity index (χ0) is 33.2. The molecule has 246 valence electrons. The Hall–Kier alpha value is -3.93. The molecule has 0 saturated carbocycles. The van der Waals surface area contributed by atoms with Gasteiger partial charge >= 0.3 is 0 Å². The minimum absolute atomic E-state index is 0.127. The Labute approximate surface area is 285 Å². The molecule has 1 heterocycles. The summed E-state index contributed by atoms with van der Waals surface area (Å²) in [6.45, 7) is 1.27. The third kappa shape index (κ3) is 9.56. The number of benzene rings is 4. The van der Waals surface area contributed by atoms with Crippen LogP contribution in [0.25, 0.3) is 0 Å². The van der Waals surface area contributed by atoms with E-state index in [4.69, 9.17) is 32.7 Å². The van der Waals surface area contributed by atoms with Crippen LogP contribution in [0.15, 0.2) is 108 Å². The third-order valence-electron chi connectivity index (χ3n) is 7.71. The van der Waals surface area contributed by atoms with Crippen LogP contribution in [0.4, 0.5) is 0 Å². The number of nitrogens with one attached hydrogen (secondary N) is 1. The summed E-state index contributed by atoms with van der Waals surface area (Å²) in [6, 6.07) is 28.8. The Balaban J connectivity index is 1.35. The summed E-state index contributed by atoms with van der Waals surface area (Å²) >= 11 is 12.2. The van der Waals surface area contributed by atoms with Crippen molar-refractivity contribution in [1.29, 1.82) is 0 Å². The van der Waals surface area contributed by atoms with Crippen LogP contribution >= 0.6 is 23.2 Å². The lowest BCUT2D eigenvalue weighted by Crippen LogP contribution is -2.51. The van der Waals surface area contributed by atoms with Crippen molar-refractivity contribution in [2.75, 3.05) is 32.9 Å². The van der Waals surface area contributed by atoms with Crippen molar-refractivity contribution in [2.45, 2.75) is 30.4 Å². The predicted octanol–water partition coefficient (Wildman–Crippen LogP) is 5.35. The molecule has 4 aromatic rings. The smallest absolute Gasteiger partial charge is 0.261 e. The van der Waals surface area contributed by atoms with Crippen molar-refractivity contribution >= 4 is 45.0 Å². The summed E-state index contributed by atoms with van der Waals surface area (Å²) in [5.74, 6) is -0.436. The van der Waals surface area contributed by atoms with E-state index in [0.717, 1.165) is 16.7 Å². The van der Waals surface area contributed by atoms with Gasteiger partial charge in [-0.1, -0.05) is 77.8 Å².